The van der Waals surface area contributed by atoms with Crippen molar-refractivity contribution in [1.29, 1.82) is 0 Å². The van der Waals surface area contributed by atoms with Gasteiger partial charge in [-0.3, -0.25) is 0 Å². The first kappa shape index (κ1) is 9.82. The van der Waals surface area contributed by atoms with Gasteiger partial charge in [-0.25, -0.2) is 0 Å². The van der Waals surface area contributed by atoms with Crippen LogP contribution in [0.5, 0.6) is 0 Å². The van der Waals surface area contributed by atoms with Crippen LogP contribution < -0.4 is 0 Å². The molecule has 1 rings (SSSR count). The number of allylic oxidation sites excluding steroid dienone is 1. The van der Waals surface area contributed by atoms with Crippen LogP contribution in [0.1, 0.15) is 23.1 Å². The lowest BCUT2D eigenvalue weighted by Crippen LogP contribution is -1.76. The van der Waals surface area contributed by atoms with Crippen molar-refractivity contribution in [1.82, 2.24) is 0 Å². The van der Waals surface area contributed by atoms with E-state index in [-0.39, 0.29) is 0 Å². The minimum absolute atomic E-state index is 0.534. The molecule has 0 aliphatic heterocycles. The van der Waals surface area contributed by atoms with E-state index < -0.39 is 0 Å². The molecule has 0 nitrogen and oxygen atoms in total. The summed E-state index contributed by atoms with van der Waals surface area (Å²) in [6, 6.07) is 4.28. The van der Waals surface area contributed by atoms with E-state index in [1.165, 1.54) is 22.6 Å². The van der Waals surface area contributed by atoms with E-state index in [0.717, 1.165) is 5.57 Å². The minimum Gasteiger partial charge on any atom is -0.141 e. The Morgan fingerprint density at radius 3 is 2.92 bits per heavy atom. The van der Waals surface area contributed by atoms with Crippen LogP contribution in [-0.2, 0) is 6.42 Å². The van der Waals surface area contributed by atoms with Crippen LogP contribution in [0.15, 0.2) is 18.7 Å². The van der Waals surface area contributed by atoms with Crippen LogP contribution in [-0.4, -0.2) is 5.88 Å². The van der Waals surface area contributed by atoms with Gasteiger partial charge in [0, 0.05) is 15.6 Å². The Hall–Kier alpha value is -0.270. The lowest BCUT2D eigenvalue weighted by Gasteiger charge is -1.94. The molecule has 0 bridgehead atoms. The number of thiophene rings is 1. The van der Waals surface area contributed by atoms with Gasteiger partial charge in [0.2, 0.25) is 0 Å². The third-order valence-corrected chi connectivity index (χ3v) is 3.24. The van der Waals surface area contributed by atoms with Gasteiger partial charge < -0.3 is 0 Å². The van der Waals surface area contributed by atoms with Crippen molar-refractivity contribution in [3.63, 3.8) is 0 Å². The number of hydrogen-bond acceptors (Lipinski definition) is 1. The van der Waals surface area contributed by atoms with Gasteiger partial charge in [-0.15, -0.1) is 22.9 Å². The smallest absolute Gasteiger partial charge is 0.0482 e. The third kappa shape index (κ3) is 2.36. The third-order valence-electron chi connectivity index (χ3n) is 1.67. The quantitative estimate of drug-likeness (QED) is 0.646. The molecule has 1 aromatic heterocycles. The Bertz CT molecular complexity index is 263. The zero-order valence-corrected chi connectivity index (χ0v) is 8.84. The van der Waals surface area contributed by atoms with Crippen molar-refractivity contribution in [3.05, 3.63) is 28.5 Å². The molecule has 0 fully saturated rings. The summed E-state index contributed by atoms with van der Waals surface area (Å²) in [6.07, 6.45) is 2.37. The molecule has 0 spiro atoms. The maximum absolute atomic E-state index is 5.68. The molecule has 0 amide bonds. The molecule has 0 saturated heterocycles. The molecule has 0 atom stereocenters. The minimum atomic E-state index is 0.534. The van der Waals surface area contributed by atoms with Crippen molar-refractivity contribution in [2.24, 2.45) is 0 Å². The second kappa shape index (κ2) is 4.68. The van der Waals surface area contributed by atoms with E-state index in [2.05, 4.69) is 25.6 Å². The first-order valence-corrected chi connectivity index (χ1v) is 5.45. The molecule has 0 aliphatic rings. The fourth-order valence-corrected chi connectivity index (χ4v) is 2.32. The predicted octanol–water partition coefficient (Wildman–Crippen LogP) is 3.95. The molecule has 1 aromatic rings. The Morgan fingerprint density at radius 1 is 1.58 bits per heavy atom. The van der Waals surface area contributed by atoms with E-state index >= 15 is 0 Å². The molecule has 1 heterocycles. The van der Waals surface area contributed by atoms with Crippen molar-refractivity contribution >= 4 is 28.5 Å². The van der Waals surface area contributed by atoms with E-state index in [1.54, 1.807) is 11.3 Å². The fourth-order valence-electron chi connectivity index (χ4n) is 1.01. The zero-order chi connectivity index (χ0) is 8.97. The summed E-state index contributed by atoms with van der Waals surface area (Å²) < 4.78 is 0. The molecule has 0 radical (unpaired) electrons. The fraction of sp³-hybridized carbons (Fsp3) is 0.400. The van der Waals surface area contributed by atoms with Crippen molar-refractivity contribution < 1.29 is 0 Å². The second-order valence-corrected chi connectivity index (χ2v) is 4.19. The van der Waals surface area contributed by atoms with Gasteiger partial charge in [0.05, 0.1) is 0 Å². The summed E-state index contributed by atoms with van der Waals surface area (Å²) in [4.78, 5) is 2.66. The van der Waals surface area contributed by atoms with E-state index in [9.17, 15) is 0 Å². The SMILES string of the molecule is C=C(CCl)c1ccc(CCC)s1. The Labute approximate surface area is 82.9 Å². The number of aryl methyl sites for hydroxylation is 1. The predicted molar refractivity (Wildman–Crippen MR) is 58.1 cm³/mol. The lowest BCUT2D eigenvalue weighted by atomic mass is 10.2. The molecule has 12 heavy (non-hydrogen) atoms. The van der Waals surface area contributed by atoms with Crippen LogP contribution in [0.3, 0.4) is 0 Å². The summed E-state index contributed by atoms with van der Waals surface area (Å²) in [6.45, 7) is 6.09. The molecule has 0 aliphatic carbocycles. The number of rotatable bonds is 4. The normalized spacial score (nSPS) is 10.2. The molecule has 2 heteroatoms. The Kier molecular flexibility index (Phi) is 3.83. The van der Waals surface area contributed by atoms with Crippen LogP contribution in [0.25, 0.3) is 5.57 Å². The van der Waals surface area contributed by atoms with Crippen molar-refractivity contribution in [2.45, 2.75) is 19.8 Å². The molecule has 0 unspecified atom stereocenters. The first-order valence-electron chi connectivity index (χ1n) is 4.10. The van der Waals surface area contributed by atoms with Gasteiger partial charge in [0.25, 0.3) is 0 Å². The Morgan fingerprint density at radius 2 is 2.33 bits per heavy atom. The average Bonchev–Trinajstić information content (AvgIpc) is 2.52. The van der Waals surface area contributed by atoms with Crippen LogP contribution in [0.2, 0.25) is 0 Å². The van der Waals surface area contributed by atoms with Crippen LogP contribution in [0.4, 0.5) is 0 Å². The van der Waals surface area contributed by atoms with Gasteiger partial charge in [0.1, 0.15) is 0 Å². The highest BCUT2D eigenvalue weighted by atomic mass is 35.5. The van der Waals surface area contributed by atoms with Crippen LogP contribution >= 0.6 is 22.9 Å². The standard InChI is InChI=1S/C10H13ClS/c1-3-4-9-5-6-10(12-9)8(2)7-11/h5-6H,2-4,7H2,1H3. The highest BCUT2D eigenvalue weighted by Gasteiger charge is 2.01. The zero-order valence-electron chi connectivity index (χ0n) is 7.27. The van der Waals surface area contributed by atoms with E-state index in [1.807, 2.05) is 0 Å². The number of hydrogen-bond donors (Lipinski definition) is 0. The summed E-state index contributed by atoms with van der Waals surface area (Å²) >= 11 is 7.49. The van der Waals surface area contributed by atoms with Gasteiger partial charge in [-0.1, -0.05) is 19.9 Å². The summed E-state index contributed by atoms with van der Waals surface area (Å²) in [5.41, 5.74) is 1.03. The van der Waals surface area contributed by atoms with Gasteiger partial charge in [0.15, 0.2) is 0 Å². The monoisotopic (exact) mass is 200 g/mol. The van der Waals surface area contributed by atoms with Gasteiger partial charge in [-0.05, 0) is 24.1 Å². The summed E-state index contributed by atoms with van der Waals surface area (Å²) in [7, 11) is 0. The second-order valence-electron chi connectivity index (χ2n) is 2.75. The number of alkyl halides is 1. The van der Waals surface area contributed by atoms with Crippen molar-refractivity contribution in [3.8, 4) is 0 Å². The molecule has 0 N–H and O–H groups in total. The van der Waals surface area contributed by atoms with E-state index in [4.69, 9.17) is 11.6 Å². The maximum atomic E-state index is 5.68. The maximum Gasteiger partial charge on any atom is 0.0482 e. The van der Waals surface area contributed by atoms with Gasteiger partial charge in [-0.2, -0.15) is 0 Å². The molecule has 0 aromatic carbocycles. The summed E-state index contributed by atoms with van der Waals surface area (Å²) in [5.74, 6) is 0.534. The highest BCUT2D eigenvalue weighted by Crippen LogP contribution is 2.24. The highest BCUT2D eigenvalue weighted by molar-refractivity contribution is 7.13. The van der Waals surface area contributed by atoms with Gasteiger partial charge >= 0.3 is 0 Å². The lowest BCUT2D eigenvalue weighted by molar-refractivity contribution is 0.940. The molecular formula is C10H13ClS. The van der Waals surface area contributed by atoms with Crippen molar-refractivity contribution in [2.75, 3.05) is 5.88 Å². The number of halogens is 1. The van der Waals surface area contributed by atoms with E-state index in [0.29, 0.717) is 5.88 Å². The molecule has 66 valence electrons. The molecule has 0 saturated carbocycles. The van der Waals surface area contributed by atoms with Crippen LogP contribution in [0, 0.1) is 0 Å². The molecular weight excluding hydrogens is 188 g/mol. The largest absolute Gasteiger partial charge is 0.141 e. The summed E-state index contributed by atoms with van der Waals surface area (Å²) in [5, 5.41) is 0. The topological polar surface area (TPSA) is 0 Å². The average molecular weight is 201 g/mol. The Balaban J connectivity index is 2.70. The first-order chi connectivity index (χ1) is 5.77.